The minimum Gasteiger partial charge on any atom is -0.357 e. The maximum atomic E-state index is 12.2. The molecule has 0 spiro atoms. The van der Waals surface area contributed by atoms with Crippen molar-refractivity contribution in [2.45, 2.75) is 58.8 Å². The van der Waals surface area contributed by atoms with Gasteiger partial charge in [-0.3, -0.25) is 4.79 Å². The Labute approximate surface area is 134 Å². The summed E-state index contributed by atoms with van der Waals surface area (Å²) < 4.78 is 0. The second kappa shape index (κ2) is 8.39. The van der Waals surface area contributed by atoms with E-state index < -0.39 is 0 Å². The summed E-state index contributed by atoms with van der Waals surface area (Å²) in [7, 11) is 0. The maximum absolute atomic E-state index is 12.2. The fourth-order valence-corrected chi connectivity index (χ4v) is 3.34. The summed E-state index contributed by atoms with van der Waals surface area (Å²) in [6, 6.07) is 0. The summed E-state index contributed by atoms with van der Waals surface area (Å²) in [5.41, 5.74) is 0.451. The highest BCUT2D eigenvalue weighted by Gasteiger charge is 2.34. The zero-order valence-electron chi connectivity index (χ0n) is 14.3. The molecule has 2 aliphatic rings. The van der Waals surface area contributed by atoms with Crippen molar-refractivity contribution in [1.82, 2.24) is 15.5 Å². The lowest BCUT2D eigenvalue weighted by molar-refractivity contribution is -0.130. The van der Waals surface area contributed by atoms with E-state index in [-0.39, 0.29) is 12.5 Å². The maximum Gasteiger partial charge on any atom is 0.244 e. The predicted molar refractivity (Wildman–Crippen MR) is 91.0 cm³/mol. The molecule has 1 aliphatic heterocycles. The molecule has 2 rings (SSSR count). The highest BCUT2D eigenvalue weighted by atomic mass is 16.2. The number of likely N-dealkylation sites (tertiary alicyclic amines) is 1. The number of nitrogens with zero attached hydrogens (tertiary/aromatic N) is 2. The van der Waals surface area contributed by atoms with Gasteiger partial charge in [-0.25, -0.2) is 4.99 Å². The first kappa shape index (κ1) is 17.1. The molecule has 1 aliphatic carbocycles. The molecule has 0 radical (unpaired) electrons. The number of carbonyl (C=O) groups excluding carboxylic acids is 1. The largest absolute Gasteiger partial charge is 0.357 e. The number of amides is 1. The molecule has 2 N–H and O–H groups in total. The quantitative estimate of drug-likeness (QED) is 0.584. The van der Waals surface area contributed by atoms with Crippen molar-refractivity contribution in [2.75, 3.05) is 32.7 Å². The lowest BCUT2D eigenvalue weighted by atomic mass is 9.67. The van der Waals surface area contributed by atoms with Crippen molar-refractivity contribution in [2.24, 2.45) is 10.4 Å². The summed E-state index contributed by atoms with van der Waals surface area (Å²) in [6.07, 6.45) is 8.68. The van der Waals surface area contributed by atoms with Crippen LogP contribution in [0.4, 0.5) is 0 Å². The van der Waals surface area contributed by atoms with Crippen LogP contribution in [0.3, 0.4) is 0 Å². The predicted octanol–water partition coefficient (Wildman–Crippen LogP) is 2.13. The van der Waals surface area contributed by atoms with E-state index in [1.54, 1.807) is 0 Å². The van der Waals surface area contributed by atoms with E-state index in [0.29, 0.717) is 5.41 Å². The number of hydrogen-bond donors (Lipinski definition) is 2. The van der Waals surface area contributed by atoms with Gasteiger partial charge in [0.05, 0.1) is 0 Å². The lowest BCUT2D eigenvalue weighted by Gasteiger charge is -2.41. The van der Waals surface area contributed by atoms with Gasteiger partial charge in [-0.2, -0.15) is 0 Å². The van der Waals surface area contributed by atoms with Gasteiger partial charge in [-0.15, -0.1) is 0 Å². The Morgan fingerprint density at radius 3 is 2.36 bits per heavy atom. The Bertz CT molecular complexity index is 379. The molecule has 0 aromatic heterocycles. The van der Waals surface area contributed by atoms with Gasteiger partial charge < -0.3 is 15.5 Å². The van der Waals surface area contributed by atoms with Crippen LogP contribution in [0.25, 0.3) is 0 Å². The first-order valence-electron chi connectivity index (χ1n) is 8.99. The molecule has 0 aromatic rings. The topological polar surface area (TPSA) is 56.7 Å². The molecule has 0 aromatic carbocycles. The molecule has 22 heavy (non-hydrogen) atoms. The fourth-order valence-electron chi connectivity index (χ4n) is 3.34. The van der Waals surface area contributed by atoms with Gasteiger partial charge >= 0.3 is 0 Å². The van der Waals surface area contributed by atoms with Crippen molar-refractivity contribution in [1.29, 1.82) is 0 Å². The van der Waals surface area contributed by atoms with Crippen LogP contribution in [-0.4, -0.2) is 49.5 Å². The van der Waals surface area contributed by atoms with Gasteiger partial charge in [0, 0.05) is 26.2 Å². The van der Waals surface area contributed by atoms with Gasteiger partial charge in [0.2, 0.25) is 5.91 Å². The Hall–Kier alpha value is -1.26. The minimum atomic E-state index is 0.158. The molecule has 0 unspecified atom stereocenters. The average Bonchev–Trinajstić information content (AvgIpc) is 2.52. The minimum absolute atomic E-state index is 0.158. The van der Waals surface area contributed by atoms with Crippen LogP contribution in [0.15, 0.2) is 4.99 Å². The zero-order valence-corrected chi connectivity index (χ0v) is 14.3. The molecule has 5 nitrogen and oxygen atoms in total. The highest BCUT2D eigenvalue weighted by Crippen LogP contribution is 2.42. The van der Waals surface area contributed by atoms with E-state index in [0.717, 1.165) is 45.0 Å². The number of aliphatic imine (C=N–C) groups is 1. The van der Waals surface area contributed by atoms with E-state index in [2.05, 4.69) is 29.5 Å². The number of piperidine rings is 1. The third-order valence-corrected chi connectivity index (χ3v) is 5.22. The number of nitrogens with one attached hydrogen (secondary N) is 2. The van der Waals surface area contributed by atoms with E-state index in [1.165, 1.54) is 32.1 Å². The number of rotatable bonds is 6. The molecule has 126 valence electrons. The second-order valence-corrected chi connectivity index (χ2v) is 6.70. The van der Waals surface area contributed by atoms with Gasteiger partial charge in [-0.05, 0) is 50.9 Å². The van der Waals surface area contributed by atoms with Gasteiger partial charge in [0.25, 0.3) is 0 Å². The number of guanidine groups is 1. The molecule has 1 heterocycles. The molecular weight excluding hydrogens is 276 g/mol. The average molecular weight is 308 g/mol. The molecule has 0 atom stereocenters. The first-order chi connectivity index (χ1) is 10.7. The SMILES string of the molecule is CCNC(=NCC(=O)N1CCCCC1)NCC1(CC)CCC1. The van der Waals surface area contributed by atoms with Crippen LogP contribution >= 0.6 is 0 Å². The van der Waals surface area contributed by atoms with Crippen molar-refractivity contribution in [3.63, 3.8) is 0 Å². The fraction of sp³-hybridized carbons (Fsp3) is 0.882. The number of carbonyl (C=O) groups is 1. The van der Waals surface area contributed by atoms with Crippen LogP contribution in [0.1, 0.15) is 58.8 Å². The summed E-state index contributed by atoms with van der Waals surface area (Å²) in [5, 5.41) is 6.69. The summed E-state index contributed by atoms with van der Waals surface area (Å²) >= 11 is 0. The normalized spacial score (nSPS) is 21.2. The van der Waals surface area contributed by atoms with Gasteiger partial charge in [0.15, 0.2) is 5.96 Å². The molecular formula is C17H32N4O. The Kier molecular flexibility index (Phi) is 6.52. The molecule has 1 saturated carbocycles. The lowest BCUT2D eigenvalue weighted by Crippen LogP contribution is -2.46. The van der Waals surface area contributed by atoms with Crippen molar-refractivity contribution < 1.29 is 4.79 Å². The summed E-state index contributed by atoms with van der Waals surface area (Å²) in [5.74, 6) is 0.943. The van der Waals surface area contributed by atoms with Crippen molar-refractivity contribution in [3.8, 4) is 0 Å². The monoisotopic (exact) mass is 308 g/mol. The van der Waals surface area contributed by atoms with E-state index >= 15 is 0 Å². The van der Waals surface area contributed by atoms with E-state index in [1.807, 2.05) is 4.90 Å². The summed E-state index contributed by atoms with van der Waals surface area (Å²) in [4.78, 5) is 18.6. The van der Waals surface area contributed by atoms with Crippen molar-refractivity contribution >= 4 is 11.9 Å². The van der Waals surface area contributed by atoms with Gasteiger partial charge in [-0.1, -0.05) is 13.3 Å². The molecule has 1 saturated heterocycles. The van der Waals surface area contributed by atoms with Crippen LogP contribution in [0.2, 0.25) is 0 Å². The molecule has 5 heteroatoms. The van der Waals surface area contributed by atoms with Crippen molar-refractivity contribution in [3.05, 3.63) is 0 Å². The third kappa shape index (κ3) is 4.62. The molecule has 0 bridgehead atoms. The first-order valence-corrected chi connectivity index (χ1v) is 8.99. The second-order valence-electron chi connectivity index (χ2n) is 6.70. The Morgan fingerprint density at radius 2 is 1.82 bits per heavy atom. The standard InChI is InChI=1S/C17H32N4O/c1-3-17(9-8-10-17)14-20-16(18-4-2)19-13-15(22)21-11-6-5-7-12-21/h3-14H2,1-2H3,(H2,18,19,20). The smallest absolute Gasteiger partial charge is 0.244 e. The van der Waals surface area contributed by atoms with E-state index in [9.17, 15) is 4.79 Å². The Balaban J connectivity index is 1.82. The third-order valence-electron chi connectivity index (χ3n) is 5.22. The zero-order chi connectivity index (χ0) is 15.8. The molecule has 1 amide bonds. The van der Waals surface area contributed by atoms with Crippen LogP contribution < -0.4 is 10.6 Å². The molecule has 2 fully saturated rings. The number of hydrogen-bond acceptors (Lipinski definition) is 2. The highest BCUT2D eigenvalue weighted by molar-refractivity contribution is 5.85. The van der Waals surface area contributed by atoms with Crippen LogP contribution in [0.5, 0.6) is 0 Å². The Morgan fingerprint density at radius 1 is 1.09 bits per heavy atom. The summed E-state index contributed by atoms with van der Waals surface area (Å²) in [6.45, 7) is 8.17. The van der Waals surface area contributed by atoms with Crippen LogP contribution in [0, 0.1) is 5.41 Å². The van der Waals surface area contributed by atoms with Gasteiger partial charge in [0.1, 0.15) is 6.54 Å². The van der Waals surface area contributed by atoms with E-state index in [4.69, 9.17) is 0 Å². The van der Waals surface area contributed by atoms with Crippen LogP contribution in [-0.2, 0) is 4.79 Å².